The first-order valence-electron chi connectivity index (χ1n) is 11.6. The second-order valence-corrected chi connectivity index (χ2v) is 9.06. The predicted octanol–water partition coefficient (Wildman–Crippen LogP) is 4.52. The first-order chi connectivity index (χ1) is 15.0. The molecule has 0 aliphatic carbocycles. The van der Waals surface area contributed by atoms with E-state index in [1.165, 1.54) is 52.6 Å². The minimum Gasteiger partial charge on any atom is -1.00 e. The van der Waals surface area contributed by atoms with Gasteiger partial charge in [-0.2, -0.15) is 4.58 Å². The molecule has 0 saturated carbocycles. The van der Waals surface area contributed by atoms with Crippen molar-refractivity contribution >= 4 is 28.2 Å². The molecule has 3 aromatic rings. The molecule has 0 radical (unpaired) electrons. The summed E-state index contributed by atoms with van der Waals surface area (Å²) >= 11 is 0. The van der Waals surface area contributed by atoms with Gasteiger partial charge in [-0.25, -0.2) is 0 Å². The number of benzene rings is 3. The van der Waals surface area contributed by atoms with E-state index >= 15 is 0 Å². The zero-order chi connectivity index (χ0) is 21.8. The van der Waals surface area contributed by atoms with E-state index in [-0.39, 0.29) is 29.4 Å². The second-order valence-electron chi connectivity index (χ2n) is 9.06. The Labute approximate surface area is 210 Å². The molecular formula is C29H34INO. The Kier molecular flexibility index (Phi) is 8.16. The predicted molar refractivity (Wildman–Crippen MR) is 133 cm³/mol. The van der Waals surface area contributed by atoms with Crippen LogP contribution in [-0.2, 0) is 5.41 Å². The highest BCUT2D eigenvalue weighted by Gasteiger charge is 2.44. The maximum Gasteiger partial charge on any atom is 0.210 e. The van der Waals surface area contributed by atoms with Crippen molar-refractivity contribution < 1.29 is 33.3 Å². The third kappa shape index (κ3) is 4.93. The molecule has 0 unspecified atom stereocenters. The summed E-state index contributed by atoms with van der Waals surface area (Å²) in [4.78, 5) is 0. The number of unbranched alkanes of at least 4 members (excludes halogenated alkanes) is 3. The molecule has 3 heteroatoms. The molecule has 2 nitrogen and oxygen atoms in total. The fourth-order valence-corrected chi connectivity index (χ4v) is 4.76. The molecule has 168 valence electrons. The molecule has 32 heavy (non-hydrogen) atoms. The van der Waals surface area contributed by atoms with Crippen LogP contribution in [0.4, 0.5) is 5.69 Å². The summed E-state index contributed by atoms with van der Waals surface area (Å²) in [5.74, 6) is 0.957. The molecule has 0 atom stereocenters. The molecule has 0 N–H and O–H groups in total. The Bertz CT molecular complexity index is 1130. The van der Waals surface area contributed by atoms with E-state index in [1.54, 1.807) is 0 Å². The van der Waals surface area contributed by atoms with E-state index < -0.39 is 0 Å². The third-order valence-electron chi connectivity index (χ3n) is 6.48. The van der Waals surface area contributed by atoms with Crippen LogP contribution in [0.25, 0.3) is 16.8 Å². The molecule has 0 saturated heterocycles. The number of hydrogen-bond acceptors (Lipinski definition) is 1. The van der Waals surface area contributed by atoms with Gasteiger partial charge < -0.3 is 28.7 Å². The quantitative estimate of drug-likeness (QED) is 0.233. The van der Waals surface area contributed by atoms with Gasteiger partial charge in [-0.15, -0.1) is 0 Å². The van der Waals surface area contributed by atoms with Crippen LogP contribution < -0.4 is 28.7 Å². The minimum absolute atomic E-state index is 0. The molecule has 0 aromatic heterocycles. The number of nitrogens with zero attached hydrogens (tertiary/aromatic N) is 1. The van der Waals surface area contributed by atoms with Crippen molar-refractivity contribution in [2.24, 2.45) is 0 Å². The van der Waals surface area contributed by atoms with Gasteiger partial charge in [0.25, 0.3) is 0 Å². The van der Waals surface area contributed by atoms with Crippen molar-refractivity contribution in [3.8, 4) is 5.75 Å². The van der Waals surface area contributed by atoms with E-state index in [4.69, 9.17) is 4.74 Å². The lowest BCUT2D eigenvalue weighted by Gasteiger charge is -2.17. The van der Waals surface area contributed by atoms with Crippen molar-refractivity contribution in [2.45, 2.75) is 51.9 Å². The van der Waals surface area contributed by atoms with Crippen LogP contribution in [0.3, 0.4) is 0 Å². The van der Waals surface area contributed by atoms with E-state index in [9.17, 15) is 0 Å². The lowest BCUT2D eigenvalue weighted by Crippen LogP contribution is -3.00. The minimum atomic E-state index is -0.0526. The number of allylic oxidation sites excluding steroid dienone is 1. The lowest BCUT2D eigenvalue weighted by molar-refractivity contribution is -0.401. The SMILES string of the molecule is CCCCCCOc1ccc(/C=C/C2=[N+](C)c3ccc4ccccc4c3C2(C)C)cc1.[I-]. The molecule has 1 aliphatic rings. The molecule has 0 amide bonds. The summed E-state index contributed by atoms with van der Waals surface area (Å²) in [7, 11) is 2.18. The van der Waals surface area contributed by atoms with E-state index in [0.717, 1.165) is 18.8 Å². The summed E-state index contributed by atoms with van der Waals surface area (Å²) in [6.07, 6.45) is 9.41. The van der Waals surface area contributed by atoms with Gasteiger partial charge in [0.15, 0.2) is 5.71 Å². The first kappa shape index (κ1) is 24.5. The Hall–Kier alpha value is -2.14. The molecule has 0 spiro atoms. The summed E-state index contributed by atoms with van der Waals surface area (Å²) in [5, 5.41) is 2.65. The molecule has 3 aromatic carbocycles. The smallest absolute Gasteiger partial charge is 0.210 e. The van der Waals surface area contributed by atoms with E-state index in [1.807, 2.05) is 0 Å². The van der Waals surface area contributed by atoms with Crippen LogP contribution in [0.5, 0.6) is 5.75 Å². The van der Waals surface area contributed by atoms with Crippen LogP contribution in [-0.4, -0.2) is 23.9 Å². The molecular weight excluding hydrogens is 505 g/mol. The largest absolute Gasteiger partial charge is 1.00 e. The van der Waals surface area contributed by atoms with Crippen LogP contribution >= 0.6 is 0 Å². The molecule has 0 bridgehead atoms. The van der Waals surface area contributed by atoms with Crippen LogP contribution in [0.15, 0.2) is 66.7 Å². The Morgan fingerprint density at radius 1 is 0.875 bits per heavy atom. The number of rotatable bonds is 8. The molecule has 1 heterocycles. The lowest BCUT2D eigenvalue weighted by atomic mass is 9.79. The summed E-state index contributed by atoms with van der Waals surface area (Å²) in [6.45, 7) is 7.70. The van der Waals surface area contributed by atoms with Crippen molar-refractivity contribution in [3.63, 3.8) is 0 Å². The van der Waals surface area contributed by atoms with Gasteiger partial charge in [0.05, 0.1) is 12.0 Å². The molecule has 0 fully saturated rings. The average molecular weight is 540 g/mol. The number of fused-ring (bicyclic) bond motifs is 3. The summed E-state index contributed by atoms with van der Waals surface area (Å²) in [6, 6.07) is 21.6. The van der Waals surface area contributed by atoms with Crippen molar-refractivity contribution in [1.82, 2.24) is 0 Å². The van der Waals surface area contributed by atoms with Crippen molar-refractivity contribution in [2.75, 3.05) is 13.7 Å². The Morgan fingerprint density at radius 3 is 2.38 bits per heavy atom. The highest BCUT2D eigenvalue weighted by atomic mass is 127. The highest BCUT2D eigenvalue weighted by molar-refractivity contribution is 6.09. The first-order valence-corrected chi connectivity index (χ1v) is 11.6. The van der Waals surface area contributed by atoms with Gasteiger partial charge in [0, 0.05) is 17.7 Å². The van der Waals surface area contributed by atoms with Gasteiger partial charge in [-0.3, -0.25) is 0 Å². The number of ether oxygens (including phenoxy) is 1. The molecule has 1 aliphatic heterocycles. The Morgan fingerprint density at radius 2 is 1.62 bits per heavy atom. The highest BCUT2D eigenvalue weighted by Crippen LogP contribution is 2.43. The van der Waals surface area contributed by atoms with Crippen LogP contribution in [0.2, 0.25) is 0 Å². The van der Waals surface area contributed by atoms with Gasteiger partial charge in [-0.1, -0.05) is 62.6 Å². The van der Waals surface area contributed by atoms with Crippen molar-refractivity contribution in [1.29, 1.82) is 0 Å². The monoisotopic (exact) mass is 539 g/mol. The number of halogens is 1. The van der Waals surface area contributed by atoms with Gasteiger partial charge in [-0.05, 0) is 60.9 Å². The van der Waals surface area contributed by atoms with Crippen molar-refractivity contribution in [3.05, 3.63) is 77.9 Å². The molecule has 4 rings (SSSR count). The van der Waals surface area contributed by atoms with Gasteiger partial charge in [0.2, 0.25) is 5.69 Å². The maximum atomic E-state index is 5.88. The van der Waals surface area contributed by atoms with Crippen LogP contribution in [0.1, 0.15) is 57.6 Å². The summed E-state index contributed by atoms with van der Waals surface area (Å²) in [5.41, 5.74) is 5.17. The van der Waals surface area contributed by atoms with E-state index in [2.05, 4.69) is 105 Å². The average Bonchev–Trinajstić information content (AvgIpc) is 2.98. The zero-order valence-corrected chi connectivity index (χ0v) is 21.9. The van der Waals surface area contributed by atoms with Crippen LogP contribution in [0, 0.1) is 0 Å². The number of hydrogen-bond donors (Lipinski definition) is 0. The summed E-state index contributed by atoms with van der Waals surface area (Å²) < 4.78 is 8.22. The fourth-order valence-electron chi connectivity index (χ4n) is 4.76. The fraction of sp³-hybridized carbons (Fsp3) is 0.345. The third-order valence-corrected chi connectivity index (χ3v) is 6.48. The normalized spacial score (nSPS) is 14.6. The Balaban J connectivity index is 0.00000289. The zero-order valence-electron chi connectivity index (χ0n) is 19.7. The maximum absolute atomic E-state index is 5.88. The second kappa shape index (κ2) is 10.7. The topological polar surface area (TPSA) is 12.2 Å². The van der Waals surface area contributed by atoms with Gasteiger partial charge >= 0.3 is 0 Å². The standard InChI is InChI=1S/C29H34NO.HI/c1-5-6-7-10-21-31-24-17-13-22(14-18-24)15-20-27-29(2,3)28-25-12-9-8-11-23(25)16-19-26(28)30(27)4;/h8-9,11-20H,5-7,10,21H2,1-4H3;1H/q+1;/p-1/b20-15+;. The van der Waals surface area contributed by atoms with E-state index in [0.29, 0.717) is 0 Å². The van der Waals surface area contributed by atoms with Gasteiger partial charge in [0.1, 0.15) is 12.8 Å².